The lowest BCUT2D eigenvalue weighted by atomic mass is 10.0. The van der Waals surface area contributed by atoms with Crippen LogP contribution in [0, 0.1) is 6.92 Å². The van der Waals surface area contributed by atoms with Gasteiger partial charge in [0, 0.05) is 13.0 Å². The van der Waals surface area contributed by atoms with Crippen LogP contribution in [0.4, 0.5) is 11.4 Å². The molecule has 7 heteroatoms. The SMILES string of the molecule is COc1ccc(C)cc1NC(=O)CCS(=O)(=O)N1CCCc2ccccc21. The van der Waals surface area contributed by atoms with Gasteiger partial charge in [0.15, 0.2) is 0 Å². The van der Waals surface area contributed by atoms with Crippen molar-refractivity contribution in [3.8, 4) is 5.75 Å². The van der Waals surface area contributed by atoms with Crippen LogP contribution >= 0.6 is 0 Å². The van der Waals surface area contributed by atoms with E-state index in [1.165, 1.54) is 11.4 Å². The zero-order chi connectivity index (χ0) is 19.4. The summed E-state index contributed by atoms with van der Waals surface area (Å²) in [7, 11) is -2.04. The third-order valence-electron chi connectivity index (χ3n) is 4.62. The maximum absolute atomic E-state index is 12.8. The van der Waals surface area contributed by atoms with Gasteiger partial charge in [0.05, 0.1) is 24.2 Å². The van der Waals surface area contributed by atoms with E-state index in [0.29, 0.717) is 18.0 Å². The number of methoxy groups -OCH3 is 1. The quantitative estimate of drug-likeness (QED) is 0.825. The van der Waals surface area contributed by atoms with Gasteiger partial charge in [-0.1, -0.05) is 24.3 Å². The van der Waals surface area contributed by atoms with Crippen molar-refractivity contribution in [1.82, 2.24) is 0 Å². The Kier molecular flexibility index (Phi) is 5.70. The van der Waals surface area contributed by atoms with E-state index in [1.54, 1.807) is 12.1 Å². The molecule has 0 atom stereocenters. The second kappa shape index (κ2) is 8.00. The van der Waals surface area contributed by atoms with Crippen LogP contribution in [-0.2, 0) is 21.2 Å². The minimum absolute atomic E-state index is 0.113. The molecule has 0 aliphatic carbocycles. The summed E-state index contributed by atoms with van der Waals surface area (Å²) in [5.74, 6) is -0.0454. The average molecular weight is 388 g/mol. The summed E-state index contributed by atoms with van der Waals surface area (Å²) in [6.07, 6.45) is 1.54. The van der Waals surface area contributed by atoms with E-state index in [0.717, 1.165) is 29.7 Å². The first-order valence-corrected chi connectivity index (χ1v) is 10.5. The molecule has 0 fully saturated rings. The average Bonchev–Trinajstić information content (AvgIpc) is 2.66. The van der Waals surface area contributed by atoms with Gasteiger partial charge in [0.2, 0.25) is 15.9 Å². The Balaban J connectivity index is 1.68. The Bertz CT molecular complexity index is 941. The van der Waals surface area contributed by atoms with E-state index >= 15 is 0 Å². The van der Waals surface area contributed by atoms with E-state index < -0.39 is 10.0 Å². The molecule has 0 radical (unpaired) electrons. The molecular formula is C20H24N2O4S. The zero-order valence-electron chi connectivity index (χ0n) is 15.6. The monoisotopic (exact) mass is 388 g/mol. The fourth-order valence-electron chi connectivity index (χ4n) is 3.25. The van der Waals surface area contributed by atoms with Crippen molar-refractivity contribution in [3.63, 3.8) is 0 Å². The highest BCUT2D eigenvalue weighted by Gasteiger charge is 2.27. The topological polar surface area (TPSA) is 75.7 Å². The van der Waals surface area contributed by atoms with Crippen LogP contribution in [0.1, 0.15) is 24.0 Å². The number of fused-ring (bicyclic) bond motifs is 1. The third-order valence-corrected chi connectivity index (χ3v) is 6.39. The molecule has 0 bridgehead atoms. The molecule has 0 saturated carbocycles. The molecule has 1 amide bonds. The molecule has 0 saturated heterocycles. The van der Waals surface area contributed by atoms with Crippen molar-refractivity contribution < 1.29 is 17.9 Å². The summed E-state index contributed by atoms with van der Waals surface area (Å²) in [5.41, 5.74) is 3.28. The van der Waals surface area contributed by atoms with E-state index in [2.05, 4.69) is 5.32 Å². The predicted molar refractivity (Wildman–Crippen MR) is 107 cm³/mol. The normalized spacial score (nSPS) is 13.8. The van der Waals surface area contributed by atoms with Gasteiger partial charge in [-0.3, -0.25) is 9.10 Å². The number of hydrogen-bond acceptors (Lipinski definition) is 4. The number of anilines is 2. The molecule has 2 aromatic carbocycles. The Morgan fingerprint density at radius 3 is 2.78 bits per heavy atom. The van der Waals surface area contributed by atoms with Gasteiger partial charge >= 0.3 is 0 Å². The van der Waals surface area contributed by atoms with Crippen LogP contribution in [0.3, 0.4) is 0 Å². The van der Waals surface area contributed by atoms with Crippen molar-refractivity contribution in [2.24, 2.45) is 0 Å². The lowest BCUT2D eigenvalue weighted by molar-refractivity contribution is -0.115. The zero-order valence-corrected chi connectivity index (χ0v) is 16.4. The molecule has 0 aromatic heterocycles. The largest absolute Gasteiger partial charge is 0.495 e. The Labute approximate surface area is 160 Å². The number of benzene rings is 2. The van der Waals surface area contributed by atoms with Gasteiger partial charge in [-0.05, 0) is 49.1 Å². The highest BCUT2D eigenvalue weighted by Crippen LogP contribution is 2.29. The summed E-state index contributed by atoms with van der Waals surface area (Å²) in [4.78, 5) is 12.3. The van der Waals surface area contributed by atoms with Gasteiger partial charge < -0.3 is 10.1 Å². The van der Waals surface area contributed by atoms with Crippen LogP contribution in [-0.4, -0.2) is 33.7 Å². The number of nitrogens with one attached hydrogen (secondary N) is 1. The molecular weight excluding hydrogens is 364 g/mol. The van der Waals surface area contributed by atoms with Crippen molar-refractivity contribution in [1.29, 1.82) is 0 Å². The van der Waals surface area contributed by atoms with E-state index in [-0.39, 0.29) is 18.1 Å². The summed E-state index contributed by atoms with van der Waals surface area (Å²) in [6.45, 7) is 2.36. The van der Waals surface area contributed by atoms with Gasteiger partial charge in [-0.25, -0.2) is 8.42 Å². The molecule has 0 unspecified atom stereocenters. The summed E-state index contributed by atoms with van der Waals surface area (Å²) >= 11 is 0. The molecule has 1 aliphatic rings. The molecule has 6 nitrogen and oxygen atoms in total. The minimum Gasteiger partial charge on any atom is -0.495 e. The number of carbonyl (C=O) groups is 1. The number of hydrogen-bond donors (Lipinski definition) is 1. The Morgan fingerprint density at radius 2 is 2.00 bits per heavy atom. The van der Waals surface area contributed by atoms with Crippen molar-refractivity contribution >= 4 is 27.3 Å². The fraction of sp³-hybridized carbons (Fsp3) is 0.350. The molecule has 3 rings (SSSR count). The molecule has 1 heterocycles. The molecule has 1 aliphatic heterocycles. The van der Waals surface area contributed by atoms with Crippen LogP contribution in [0.2, 0.25) is 0 Å². The van der Waals surface area contributed by atoms with E-state index in [1.807, 2.05) is 37.3 Å². The first kappa shape index (κ1) is 19.2. The molecule has 144 valence electrons. The Morgan fingerprint density at radius 1 is 1.22 bits per heavy atom. The van der Waals surface area contributed by atoms with Crippen LogP contribution in [0.25, 0.3) is 0 Å². The van der Waals surface area contributed by atoms with Crippen molar-refractivity contribution in [2.45, 2.75) is 26.2 Å². The number of carbonyl (C=O) groups excluding carboxylic acids is 1. The maximum Gasteiger partial charge on any atom is 0.235 e. The highest BCUT2D eigenvalue weighted by atomic mass is 32.2. The third kappa shape index (κ3) is 4.42. The number of amides is 1. The Hall–Kier alpha value is -2.54. The highest BCUT2D eigenvalue weighted by molar-refractivity contribution is 7.92. The lowest BCUT2D eigenvalue weighted by Crippen LogP contribution is -2.37. The second-order valence-electron chi connectivity index (χ2n) is 6.62. The predicted octanol–water partition coefficient (Wildman–Crippen LogP) is 3.11. The number of para-hydroxylation sites is 1. The first-order chi connectivity index (χ1) is 12.9. The number of aryl methyl sites for hydroxylation is 2. The maximum atomic E-state index is 12.8. The lowest BCUT2D eigenvalue weighted by Gasteiger charge is -2.30. The number of sulfonamides is 1. The first-order valence-electron chi connectivity index (χ1n) is 8.93. The second-order valence-corrected chi connectivity index (χ2v) is 8.64. The van der Waals surface area contributed by atoms with Gasteiger partial charge in [-0.2, -0.15) is 0 Å². The van der Waals surface area contributed by atoms with Gasteiger partial charge in [0.1, 0.15) is 5.75 Å². The van der Waals surface area contributed by atoms with Crippen LogP contribution < -0.4 is 14.4 Å². The van der Waals surface area contributed by atoms with Crippen molar-refractivity contribution in [2.75, 3.05) is 29.0 Å². The number of ether oxygens (including phenoxy) is 1. The summed E-state index contributed by atoms with van der Waals surface area (Å²) in [6, 6.07) is 13.0. The van der Waals surface area contributed by atoms with Crippen LogP contribution in [0.15, 0.2) is 42.5 Å². The van der Waals surface area contributed by atoms with E-state index in [9.17, 15) is 13.2 Å². The molecule has 1 N–H and O–H groups in total. The van der Waals surface area contributed by atoms with Gasteiger partial charge in [-0.15, -0.1) is 0 Å². The van der Waals surface area contributed by atoms with Crippen molar-refractivity contribution in [3.05, 3.63) is 53.6 Å². The minimum atomic E-state index is -3.57. The summed E-state index contributed by atoms with van der Waals surface area (Å²) < 4.78 is 32.3. The summed E-state index contributed by atoms with van der Waals surface area (Å²) in [5, 5.41) is 2.75. The fourth-order valence-corrected chi connectivity index (χ4v) is 4.80. The number of rotatable bonds is 6. The molecule has 27 heavy (non-hydrogen) atoms. The van der Waals surface area contributed by atoms with Gasteiger partial charge in [0.25, 0.3) is 0 Å². The van der Waals surface area contributed by atoms with Crippen LogP contribution in [0.5, 0.6) is 5.75 Å². The molecule has 0 spiro atoms. The molecule has 2 aromatic rings. The standard InChI is InChI=1S/C20H24N2O4S/c1-15-9-10-19(26-2)17(14-15)21-20(23)11-13-27(24,25)22-12-5-7-16-6-3-4-8-18(16)22/h3-4,6,8-10,14H,5,7,11-13H2,1-2H3,(H,21,23). The van der Waals surface area contributed by atoms with E-state index in [4.69, 9.17) is 4.74 Å². The smallest absolute Gasteiger partial charge is 0.235 e. The number of nitrogens with zero attached hydrogens (tertiary/aromatic N) is 1.